The van der Waals surface area contributed by atoms with Crippen LogP contribution in [-0.4, -0.2) is 15.6 Å². The Morgan fingerprint density at radius 2 is 1.24 bits per heavy atom. The van der Waals surface area contributed by atoms with Gasteiger partial charge >= 0.3 is 0 Å². The van der Waals surface area contributed by atoms with Crippen molar-refractivity contribution < 1.29 is 4.43 Å². The highest BCUT2D eigenvalue weighted by atomic mass is 28.3. The van der Waals surface area contributed by atoms with Gasteiger partial charge in [0.05, 0.1) is 0 Å². The van der Waals surface area contributed by atoms with Gasteiger partial charge in [0.1, 0.15) is 0 Å². The molecule has 0 aromatic rings. The van der Waals surface area contributed by atoms with Crippen LogP contribution in [0.4, 0.5) is 0 Å². The molecule has 0 saturated carbocycles. The van der Waals surface area contributed by atoms with Gasteiger partial charge in [-0.3, -0.25) is 0 Å². The molecule has 127 valence electrons. The molecule has 0 saturated heterocycles. The zero-order valence-corrected chi connectivity index (χ0v) is 16.4. The Labute approximate surface area is 137 Å². The van der Waals surface area contributed by atoms with Crippen molar-refractivity contribution in [3.05, 3.63) is 0 Å². The molecular weight excluding hydrogens is 272 g/mol. The van der Waals surface area contributed by atoms with Crippen LogP contribution in [0.25, 0.3) is 0 Å². The minimum atomic E-state index is -0.469. The van der Waals surface area contributed by atoms with E-state index in [1.807, 2.05) is 0 Å². The average molecular weight is 314 g/mol. The maximum atomic E-state index is 5.71. The van der Waals surface area contributed by atoms with E-state index in [4.69, 9.17) is 4.43 Å². The van der Waals surface area contributed by atoms with E-state index in [0.717, 1.165) is 12.5 Å². The van der Waals surface area contributed by atoms with Gasteiger partial charge in [-0.2, -0.15) is 0 Å². The minimum absolute atomic E-state index is 0.469. The third kappa shape index (κ3) is 16.4. The summed E-state index contributed by atoms with van der Waals surface area (Å²) in [5.41, 5.74) is 0. The molecule has 0 rings (SSSR count). The molecule has 2 heteroatoms. The van der Waals surface area contributed by atoms with Crippen LogP contribution in [0, 0.1) is 5.92 Å². The summed E-state index contributed by atoms with van der Waals surface area (Å²) >= 11 is 0. The van der Waals surface area contributed by atoms with Gasteiger partial charge < -0.3 is 4.43 Å². The smallest absolute Gasteiger partial charge is 0.204 e. The van der Waals surface area contributed by atoms with Crippen LogP contribution >= 0.6 is 0 Å². The molecule has 1 nitrogen and oxygen atoms in total. The normalized spacial score (nSPS) is 13.0. The lowest BCUT2D eigenvalue weighted by atomic mass is 9.93. The quantitative estimate of drug-likeness (QED) is 0.220. The highest BCUT2D eigenvalue weighted by Gasteiger charge is 2.06. The summed E-state index contributed by atoms with van der Waals surface area (Å²) < 4.78 is 5.71. The molecule has 0 amide bonds. The van der Waals surface area contributed by atoms with Crippen LogP contribution in [0.3, 0.4) is 0 Å². The second kappa shape index (κ2) is 16.5. The van der Waals surface area contributed by atoms with Crippen LogP contribution in [0.1, 0.15) is 97.3 Å². The molecule has 0 aliphatic heterocycles. The number of hydrogen-bond acceptors (Lipinski definition) is 1. The average Bonchev–Trinajstić information content (AvgIpc) is 2.47. The fraction of sp³-hybridized carbons (Fsp3) is 1.00. The lowest BCUT2D eigenvalue weighted by molar-refractivity contribution is 0.301. The fourth-order valence-corrected chi connectivity index (χ4v) is 3.48. The molecule has 0 aliphatic carbocycles. The van der Waals surface area contributed by atoms with Crippen molar-refractivity contribution in [3.8, 4) is 0 Å². The van der Waals surface area contributed by atoms with E-state index in [-0.39, 0.29) is 0 Å². The van der Waals surface area contributed by atoms with Gasteiger partial charge in [-0.25, -0.2) is 0 Å². The molecular formula is C19H41OSi. The Hall–Kier alpha value is 0.177. The van der Waals surface area contributed by atoms with Crippen LogP contribution in [0.5, 0.6) is 0 Å². The van der Waals surface area contributed by atoms with Crippen LogP contribution in [-0.2, 0) is 4.43 Å². The largest absolute Gasteiger partial charge is 0.417 e. The van der Waals surface area contributed by atoms with Crippen molar-refractivity contribution in [1.82, 2.24) is 0 Å². The molecule has 0 aromatic heterocycles. The molecule has 21 heavy (non-hydrogen) atoms. The Morgan fingerprint density at radius 3 is 1.76 bits per heavy atom. The maximum absolute atomic E-state index is 5.71. The summed E-state index contributed by atoms with van der Waals surface area (Å²) in [4.78, 5) is 0. The van der Waals surface area contributed by atoms with E-state index in [9.17, 15) is 0 Å². The third-order valence-electron chi connectivity index (χ3n) is 4.44. The number of hydrogen-bond donors (Lipinski definition) is 0. The van der Waals surface area contributed by atoms with Crippen LogP contribution < -0.4 is 0 Å². The molecule has 0 fully saturated rings. The highest BCUT2D eigenvalue weighted by Crippen LogP contribution is 2.20. The molecule has 0 spiro atoms. The molecule has 0 heterocycles. The summed E-state index contributed by atoms with van der Waals surface area (Å²) in [5.74, 6) is 0.970. The van der Waals surface area contributed by atoms with E-state index in [0.29, 0.717) is 0 Å². The van der Waals surface area contributed by atoms with Gasteiger partial charge in [-0.15, -0.1) is 0 Å². The van der Waals surface area contributed by atoms with Crippen molar-refractivity contribution >= 4 is 9.04 Å². The predicted molar refractivity (Wildman–Crippen MR) is 98.3 cm³/mol. The highest BCUT2D eigenvalue weighted by molar-refractivity contribution is 6.48. The molecule has 1 atom stereocenters. The monoisotopic (exact) mass is 313 g/mol. The van der Waals surface area contributed by atoms with Crippen LogP contribution in [0.15, 0.2) is 0 Å². The molecule has 0 aromatic carbocycles. The molecule has 1 radical (unpaired) electrons. The third-order valence-corrected chi connectivity index (χ3v) is 5.22. The summed E-state index contributed by atoms with van der Waals surface area (Å²) in [6, 6.07) is 0. The summed E-state index contributed by atoms with van der Waals surface area (Å²) in [5, 5.41) is 0. The standard InChI is InChI=1S/C19H41OSi/c1-5-7-8-9-10-11-12-13-16-19(6-2)17-14-15-18-20-21(3)4/h19H,5-18H2,1-4H3. The Morgan fingerprint density at radius 1 is 0.714 bits per heavy atom. The lowest BCUT2D eigenvalue weighted by Crippen LogP contribution is -2.09. The first-order valence-corrected chi connectivity index (χ1v) is 12.0. The van der Waals surface area contributed by atoms with Gasteiger partial charge in [0, 0.05) is 6.61 Å². The molecule has 0 aliphatic rings. The minimum Gasteiger partial charge on any atom is -0.417 e. The predicted octanol–water partition coefficient (Wildman–Crippen LogP) is 6.98. The Bertz CT molecular complexity index is 194. The van der Waals surface area contributed by atoms with E-state index >= 15 is 0 Å². The van der Waals surface area contributed by atoms with E-state index in [1.165, 1.54) is 83.5 Å². The van der Waals surface area contributed by atoms with Crippen molar-refractivity contribution in [1.29, 1.82) is 0 Å². The van der Waals surface area contributed by atoms with E-state index < -0.39 is 9.04 Å². The van der Waals surface area contributed by atoms with E-state index in [2.05, 4.69) is 26.9 Å². The van der Waals surface area contributed by atoms with Crippen molar-refractivity contribution in [3.63, 3.8) is 0 Å². The van der Waals surface area contributed by atoms with Gasteiger partial charge in [-0.1, -0.05) is 90.9 Å². The molecule has 0 bridgehead atoms. The topological polar surface area (TPSA) is 9.23 Å². The summed E-state index contributed by atoms with van der Waals surface area (Å²) in [7, 11) is -0.469. The first kappa shape index (κ1) is 21.2. The van der Waals surface area contributed by atoms with Crippen LogP contribution in [0.2, 0.25) is 13.1 Å². The zero-order valence-electron chi connectivity index (χ0n) is 15.4. The zero-order chi connectivity index (χ0) is 15.8. The van der Waals surface area contributed by atoms with Gasteiger partial charge in [0.25, 0.3) is 0 Å². The maximum Gasteiger partial charge on any atom is 0.204 e. The first-order chi connectivity index (χ1) is 10.2. The van der Waals surface area contributed by atoms with E-state index in [1.54, 1.807) is 0 Å². The Kier molecular flexibility index (Phi) is 16.7. The summed E-state index contributed by atoms with van der Waals surface area (Å²) in [6.45, 7) is 10.1. The number of rotatable bonds is 16. The van der Waals surface area contributed by atoms with Gasteiger partial charge in [0.15, 0.2) is 0 Å². The molecule has 0 N–H and O–H groups in total. The lowest BCUT2D eigenvalue weighted by Gasteiger charge is -2.15. The van der Waals surface area contributed by atoms with Crippen molar-refractivity contribution in [2.75, 3.05) is 6.61 Å². The Balaban J connectivity index is 3.32. The first-order valence-electron chi connectivity index (χ1n) is 9.63. The van der Waals surface area contributed by atoms with Crippen molar-refractivity contribution in [2.45, 2.75) is 110 Å². The second-order valence-corrected chi connectivity index (χ2v) is 8.90. The second-order valence-electron chi connectivity index (χ2n) is 6.79. The van der Waals surface area contributed by atoms with Gasteiger partial charge in [0.2, 0.25) is 9.04 Å². The van der Waals surface area contributed by atoms with Gasteiger partial charge in [-0.05, 0) is 25.4 Å². The fourth-order valence-electron chi connectivity index (χ4n) is 2.93. The number of unbranched alkanes of at least 4 members (excludes halogenated alkanes) is 8. The SMILES string of the molecule is CCCCCCCCCCC(CC)CCCCO[Si](C)C. The van der Waals surface area contributed by atoms with Crippen molar-refractivity contribution in [2.24, 2.45) is 5.92 Å². The summed E-state index contributed by atoms with van der Waals surface area (Å²) in [6.07, 6.45) is 18.4. The molecule has 1 unspecified atom stereocenters.